The van der Waals surface area contributed by atoms with Crippen molar-refractivity contribution >= 4 is 23.4 Å². The molecule has 0 fully saturated rings. The van der Waals surface area contributed by atoms with Gasteiger partial charge in [0.05, 0.1) is 10.9 Å². The van der Waals surface area contributed by atoms with Crippen molar-refractivity contribution in [2.45, 2.75) is 17.1 Å². The van der Waals surface area contributed by atoms with E-state index in [1.807, 2.05) is 59.4 Å². The van der Waals surface area contributed by atoms with E-state index < -0.39 is 5.82 Å². The van der Waals surface area contributed by atoms with Crippen LogP contribution >= 0.6 is 11.8 Å². The summed E-state index contributed by atoms with van der Waals surface area (Å²) in [7, 11) is 0. The summed E-state index contributed by atoms with van der Waals surface area (Å²) < 4.78 is 15.9. The number of nitrogens with one attached hydrogen (secondary N) is 1. The highest BCUT2D eigenvalue weighted by Crippen LogP contribution is 2.25. The number of halogens is 1. The molecule has 0 aliphatic heterocycles. The van der Waals surface area contributed by atoms with E-state index in [-0.39, 0.29) is 16.8 Å². The average Bonchev–Trinajstić information content (AvgIpc) is 3.12. The van der Waals surface area contributed by atoms with Gasteiger partial charge in [-0.1, -0.05) is 18.2 Å². The Morgan fingerprint density at radius 2 is 1.79 bits per heavy atom. The molecule has 122 valence electrons. The Hall–Kier alpha value is -2.53. The van der Waals surface area contributed by atoms with Crippen LogP contribution in [0.4, 0.5) is 10.1 Å². The number of aromatic nitrogens is 1. The Bertz CT molecular complexity index is 819. The summed E-state index contributed by atoms with van der Waals surface area (Å²) in [5, 5.41) is 2.35. The Morgan fingerprint density at radius 1 is 1.08 bits per heavy atom. The van der Waals surface area contributed by atoms with E-state index in [4.69, 9.17) is 0 Å². The summed E-state index contributed by atoms with van der Waals surface area (Å²) in [5.74, 6) is -0.677. The van der Waals surface area contributed by atoms with E-state index in [1.165, 1.54) is 17.8 Å². The van der Waals surface area contributed by atoms with Crippen LogP contribution in [-0.4, -0.2) is 15.7 Å². The molecule has 1 aromatic heterocycles. The highest BCUT2D eigenvalue weighted by atomic mass is 32.2. The predicted octanol–water partition coefficient (Wildman–Crippen LogP) is 4.74. The van der Waals surface area contributed by atoms with Crippen molar-refractivity contribution in [2.75, 3.05) is 5.32 Å². The average molecular weight is 340 g/mol. The number of benzene rings is 2. The Labute approximate surface area is 144 Å². The summed E-state index contributed by atoms with van der Waals surface area (Å²) in [6.45, 7) is 1.81. The largest absolute Gasteiger partial charge is 0.324 e. The van der Waals surface area contributed by atoms with Gasteiger partial charge >= 0.3 is 0 Å². The standard InChI is InChI=1S/C19H17FN2OS/c1-14(24-16-7-3-2-4-8-16)19(23)21-18-13-15(9-10-17(18)20)22-11-5-6-12-22/h2-14H,1H3,(H,21,23)/t14-/m1/s1. The van der Waals surface area contributed by atoms with Crippen molar-refractivity contribution in [3.63, 3.8) is 0 Å². The molecule has 0 bridgehead atoms. The van der Waals surface area contributed by atoms with Gasteiger partial charge in [0.25, 0.3) is 0 Å². The Kier molecular flexibility index (Phi) is 5.01. The first-order chi connectivity index (χ1) is 11.6. The number of carbonyl (C=O) groups is 1. The molecule has 3 rings (SSSR count). The first kappa shape index (κ1) is 16.3. The molecule has 1 heterocycles. The second-order valence-electron chi connectivity index (χ2n) is 5.32. The molecule has 0 aliphatic carbocycles. The second kappa shape index (κ2) is 7.36. The van der Waals surface area contributed by atoms with Gasteiger partial charge in [0.1, 0.15) is 5.82 Å². The van der Waals surface area contributed by atoms with Crippen LogP contribution < -0.4 is 5.32 Å². The Balaban J connectivity index is 1.73. The van der Waals surface area contributed by atoms with E-state index in [0.29, 0.717) is 0 Å². The van der Waals surface area contributed by atoms with Crippen molar-refractivity contribution < 1.29 is 9.18 Å². The molecular weight excluding hydrogens is 323 g/mol. The highest BCUT2D eigenvalue weighted by molar-refractivity contribution is 8.00. The van der Waals surface area contributed by atoms with Crippen LogP contribution in [-0.2, 0) is 4.79 Å². The number of hydrogen-bond acceptors (Lipinski definition) is 2. The molecule has 3 aromatic rings. The molecular formula is C19H17FN2OS. The predicted molar refractivity (Wildman–Crippen MR) is 96.1 cm³/mol. The summed E-state index contributed by atoms with van der Waals surface area (Å²) in [6, 6.07) is 18.1. The molecule has 1 atom stereocenters. The van der Waals surface area contributed by atoms with Gasteiger partial charge in [0, 0.05) is 23.0 Å². The zero-order valence-electron chi connectivity index (χ0n) is 13.1. The lowest BCUT2D eigenvalue weighted by Crippen LogP contribution is -2.23. The van der Waals surface area contributed by atoms with Crippen LogP contribution in [0.25, 0.3) is 5.69 Å². The summed E-state index contributed by atoms with van der Waals surface area (Å²) >= 11 is 1.44. The fourth-order valence-electron chi connectivity index (χ4n) is 2.27. The van der Waals surface area contributed by atoms with Crippen molar-refractivity contribution in [3.8, 4) is 5.69 Å². The zero-order valence-corrected chi connectivity index (χ0v) is 14.0. The topological polar surface area (TPSA) is 34.0 Å². The molecule has 0 radical (unpaired) electrons. The minimum Gasteiger partial charge on any atom is -0.324 e. The number of carbonyl (C=O) groups excluding carboxylic acids is 1. The lowest BCUT2D eigenvalue weighted by molar-refractivity contribution is -0.115. The fraction of sp³-hybridized carbons (Fsp3) is 0.105. The minimum atomic E-state index is -0.448. The molecule has 0 spiro atoms. The molecule has 2 aromatic carbocycles. The SMILES string of the molecule is C[C@@H](Sc1ccccc1)C(=O)Nc1cc(-n2cccc2)ccc1F. The number of nitrogens with zero attached hydrogens (tertiary/aromatic N) is 1. The molecule has 0 unspecified atom stereocenters. The van der Waals surface area contributed by atoms with Gasteiger partial charge in [-0.2, -0.15) is 0 Å². The normalized spacial score (nSPS) is 11.9. The summed E-state index contributed by atoms with van der Waals surface area (Å²) in [6.07, 6.45) is 3.74. The van der Waals surface area contributed by atoms with Gasteiger partial charge < -0.3 is 9.88 Å². The maximum atomic E-state index is 14.0. The molecule has 3 nitrogen and oxygen atoms in total. The van der Waals surface area contributed by atoms with Crippen molar-refractivity contribution in [3.05, 3.63) is 78.9 Å². The van der Waals surface area contributed by atoms with Gasteiger partial charge in [-0.15, -0.1) is 11.8 Å². The van der Waals surface area contributed by atoms with Gasteiger partial charge in [0.2, 0.25) is 5.91 Å². The third-order valence-electron chi connectivity index (χ3n) is 3.54. The molecule has 0 saturated heterocycles. The molecule has 1 N–H and O–H groups in total. The first-order valence-corrected chi connectivity index (χ1v) is 8.47. The van der Waals surface area contributed by atoms with Crippen LogP contribution in [0.3, 0.4) is 0 Å². The van der Waals surface area contributed by atoms with Gasteiger partial charge in [-0.3, -0.25) is 4.79 Å². The smallest absolute Gasteiger partial charge is 0.237 e. The summed E-state index contributed by atoms with van der Waals surface area (Å²) in [4.78, 5) is 13.4. The van der Waals surface area contributed by atoms with E-state index in [9.17, 15) is 9.18 Å². The van der Waals surface area contributed by atoms with Crippen LogP contribution in [0.2, 0.25) is 0 Å². The maximum Gasteiger partial charge on any atom is 0.237 e. The number of rotatable bonds is 5. The van der Waals surface area contributed by atoms with Gasteiger partial charge in [-0.05, 0) is 49.4 Å². The van der Waals surface area contributed by atoms with Gasteiger partial charge in [0.15, 0.2) is 0 Å². The Morgan fingerprint density at radius 3 is 2.50 bits per heavy atom. The third kappa shape index (κ3) is 3.86. The minimum absolute atomic E-state index is 0.187. The molecule has 5 heteroatoms. The second-order valence-corrected chi connectivity index (χ2v) is 6.73. The van der Waals surface area contributed by atoms with Gasteiger partial charge in [-0.25, -0.2) is 4.39 Å². The lowest BCUT2D eigenvalue weighted by atomic mass is 10.2. The van der Waals surface area contributed by atoms with Crippen LogP contribution in [0, 0.1) is 5.82 Å². The maximum absolute atomic E-state index is 14.0. The molecule has 24 heavy (non-hydrogen) atoms. The van der Waals surface area contributed by atoms with E-state index >= 15 is 0 Å². The fourth-order valence-corrected chi connectivity index (χ4v) is 3.16. The molecule has 1 amide bonds. The number of hydrogen-bond donors (Lipinski definition) is 1. The van der Waals surface area contributed by atoms with E-state index in [0.717, 1.165) is 10.6 Å². The number of anilines is 1. The molecule has 0 saturated carbocycles. The van der Waals surface area contributed by atoms with E-state index in [1.54, 1.807) is 19.1 Å². The number of amides is 1. The van der Waals surface area contributed by atoms with Crippen molar-refractivity contribution in [1.29, 1.82) is 0 Å². The van der Waals surface area contributed by atoms with Crippen molar-refractivity contribution in [2.24, 2.45) is 0 Å². The van der Waals surface area contributed by atoms with Crippen LogP contribution in [0.5, 0.6) is 0 Å². The van der Waals surface area contributed by atoms with E-state index in [2.05, 4.69) is 5.32 Å². The molecule has 0 aliphatic rings. The first-order valence-electron chi connectivity index (χ1n) is 7.59. The highest BCUT2D eigenvalue weighted by Gasteiger charge is 2.16. The quantitative estimate of drug-likeness (QED) is 0.681. The lowest BCUT2D eigenvalue weighted by Gasteiger charge is -2.13. The van der Waals surface area contributed by atoms with Crippen LogP contribution in [0.1, 0.15) is 6.92 Å². The van der Waals surface area contributed by atoms with Crippen molar-refractivity contribution in [1.82, 2.24) is 4.57 Å². The number of thioether (sulfide) groups is 1. The van der Waals surface area contributed by atoms with Crippen LogP contribution in [0.15, 0.2) is 78.0 Å². The monoisotopic (exact) mass is 340 g/mol. The summed E-state index contributed by atoms with van der Waals surface area (Å²) in [5.41, 5.74) is 0.978. The zero-order chi connectivity index (χ0) is 16.9. The third-order valence-corrected chi connectivity index (χ3v) is 4.65.